The zero-order chi connectivity index (χ0) is 18.4. The summed E-state index contributed by atoms with van der Waals surface area (Å²) in [5, 5.41) is 0. The molecule has 1 heterocycles. The molecule has 0 spiro atoms. The first-order valence-electron chi connectivity index (χ1n) is 9.26. The fourth-order valence-electron chi connectivity index (χ4n) is 3.58. The lowest BCUT2D eigenvalue weighted by Gasteiger charge is -2.34. The molecule has 0 bridgehead atoms. The first-order chi connectivity index (χ1) is 12.7. The number of nitrogens with zero attached hydrogens (tertiary/aromatic N) is 1. The van der Waals surface area contributed by atoms with Gasteiger partial charge < -0.3 is 9.64 Å². The molecular weight excluding hydrogens is 326 g/mol. The second kappa shape index (κ2) is 8.65. The number of carbonyl (C=O) groups excluding carboxylic acids is 2. The quantitative estimate of drug-likeness (QED) is 0.773. The Morgan fingerprint density at radius 2 is 1.62 bits per heavy atom. The molecule has 0 aliphatic carbocycles. The van der Waals surface area contributed by atoms with Crippen LogP contribution in [0.5, 0.6) is 0 Å². The third-order valence-corrected chi connectivity index (χ3v) is 4.87. The molecule has 1 amide bonds. The van der Waals surface area contributed by atoms with Crippen LogP contribution in [0.15, 0.2) is 60.7 Å². The molecule has 1 aliphatic rings. The minimum Gasteiger partial charge on any atom is -0.466 e. The van der Waals surface area contributed by atoms with E-state index in [0.29, 0.717) is 19.7 Å². The molecule has 1 atom stereocenters. The van der Waals surface area contributed by atoms with E-state index in [0.717, 1.165) is 24.0 Å². The summed E-state index contributed by atoms with van der Waals surface area (Å²) >= 11 is 0. The van der Waals surface area contributed by atoms with Gasteiger partial charge in [-0.05, 0) is 30.9 Å². The van der Waals surface area contributed by atoms with Gasteiger partial charge in [-0.3, -0.25) is 9.59 Å². The maximum absolute atomic E-state index is 13.4. The Bertz CT molecular complexity index is 690. The number of ether oxygens (including phenoxy) is 1. The molecule has 2 aromatic carbocycles. The minimum atomic E-state index is -0.349. The lowest BCUT2D eigenvalue weighted by Crippen LogP contribution is -2.45. The van der Waals surface area contributed by atoms with Gasteiger partial charge in [0.2, 0.25) is 5.91 Å². The summed E-state index contributed by atoms with van der Waals surface area (Å²) in [5.74, 6) is -0.712. The van der Waals surface area contributed by atoms with Crippen molar-refractivity contribution in [2.75, 3.05) is 19.7 Å². The van der Waals surface area contributed by atoms with E-state index in [1.54, 1.807) is 0 Å². The predicted octanol–water partition coefficient (Wildman–Crippen LogP) is 3.62. The van der Waals surface area contributed by atoms with Crippen molar-refractivity contribution in [2.45, 2.75) is 25.7 Å². The summed E-state index contributed by atoms with van der Waals surface area (Å²) in [7, 11) is 0. The van der Waals surface area contributed by atoms with Crippen molar-refractivity contribution in [1.29, 1.82) is 0 Å². The van der Waals surface area contributed by atoms with Crippen LogP contribution >= 0.6 is 0 Å². The number of hydrogen-bond donors (Lipinski definition) is 0. The van der Waals surface area contributed by atoms with Crippen molar-refractivity contribution in [3.05, 3.63) is 71.8 Å². The zero-order valence-corrected chi connectivity index (χ0v) is 15.1. The topological polar surface area (TPSA) is 46.6 Å². The Labute approximate surface area is 154 Å². The van der Waals surface area contributed by atoms with Gasteiger partial charge in [-0.15, -0.1) is 0 Å². The minimum absolute atomic E-state index is 0.0522. The Kier molecular flexibility index (Phi) is 6.05. The summed E-state index contributed by atoms with van der Waals surface area (Å²) in [4.78, 5) is 27.3. The summed E-state index contributed by atoms with van der Waals surface area (Å²) in [6.45, 7) is 3.31. The molecule has 0 radical (unpaired) electrons. The van der Waals surface area contributed by atoms with Crippen molar-refractivity contribution in [2.24, 2.45) is 5.92 Å². The molecule has 2 aromatic rings. The van der Waals surface area contributed by atoms with Gasteiger partial charge in [0.05, 0.1) is 18.4 Å². The van der Waals surface area contributed by atoms with E-state index in [9.17, 15) is 9.59 Å². The number of esters is 1. The van der Waals surface area contributed by atoms with Gasteiger partial charge in [0.15, 0.2) is 0 Å². The van der Waals surface area contributed by atoms with Crippen molar-refractivity contribution in [3.8, 4) is 0 Å². The number of hydrogen-bond acceptors (Lipinski definition) is 3. The van der Waals surface area contributed by atoms with Gasteiger partial charge in [0.1, 0.15) is 0 Å². The van der Waals surface area contributed by atoms with E-state index in [-0.39, 0.29) is 23.7 Å². The molecule has 3 rings (SSSR count). The Morgan fingerprint density at radius 3 is 2.15 bits per heavy atom. The third kappa shape index (κ3) is 4.13. The second-order valence-corrected chi connectivity index (χ2v) is 6.63. The van der Waals surface area contributed by atoms with Crippen LogP contribution in [0.1, 0.15) is 36.8 Å². The highest BCUT2D eigenvalue weighted by molar-refractivity contribution is 5.88. The fourth-order valence-corrected chi connectivity index (χ4v) is 3.58. The standard InChI is InChI=1S/C22H25NO3/c1-2-26-22(25)19-14-9-15-23(16-19)21(24)20(17-10-5-3-6-11-17)18-12-7-4-8-13-18/h3-8,10-13,19-20H,2,9,14-16H2,1H3/t19-/m1/s1. The van der Waals surface area contributed by atoms with Crippen LogP contribution in [0.3, 0.4) is 0 Å². The van der Waals surface area contributed by atoms with Gasteiger partial charge in [-0.25, -0.2) is 0 Å². The monoisotopic (exact) mass is 351 g/mol. The molecular formula is C22H25NO3. The van der Waals surface area contributed by atoms with E-state index in [1.165, 1.54) is 0 Å². The molecule has 1 fully saturated rings. The maximum Gasteiger partial charge on any atom is 0.310 e. The van der Waals surface area contributed by atoms with Crippen LogP contribution in [0.4, 0.5) is 0 Å². The SMILES string of the molecule is CCOC(=O)[C@@H]1CCCN(C(=O)C(c2ccccc2)c2ccccc2)C1. The summed E-state index contributed by atoms with van der Waals surface area (Å²) < 4.78 is 5.16. The highest BCUT2D eigenvalue weighted by Gasteiger charge is 2.33. The Morgan fingerprint density at radius 1 is 1.04 bits per heavy atom. The first kappa shape index (κ1) is 18.2. The molecule has 0 aromatic heterocycles. The van der Waals surface area contributed by atoms with Crippen LogP contribution in [0.2, 0.25) is 0 Å². The smallest absolute Gasteiger partial charge is 0.310 e. The maximum atomic E-state index is 13.4. The number of piperidine rings is 1. The van der Waals surface area contributed by atoms with Crippen LogP contribution < -0.4 is 0 Å². The molecule has 136 valence electrons. The van der Waals surface area contributed by atoms with E-state index in [4.69, 9.17) is 4.74 Å². The first-order valence-corrected chi connectivity index (χ1v) is 9.26. The van der Waals surface area contributed by atoms with Crippen molar-refractivity contribution < 1.29 is 14.3 Å². The van der Waals surface area contributed by atoms with Crippen LogP contribution in [0.25, 0.3) is 0 Å². The van der Waals surface area contributed by atoms with Crippen LogP contribution in [-0.4, -0.2) is 36.5 Å². The van der Waals surface area contributed by atoms with Crippen LogP contribution in [-0.2, 0) is 14.3 Å². The molecule has 0 N–H and O–H groups in total. The van der Waals surface area contributed by atoms with E-state index in [1.807, 2.05) is 72.5 Å². The second-order valence-electron chi connectivity index (χ2n) is 6.63. The average Bonchev–Trinajstić information content (AvgIpc) is 2.70. The van der Waals surface area contributed by atoms with Gasteiger partial charge in [0, 0.05) is 13.1 Å². The summed E-state index contributed by atoms with van der Waals surface area (Å²) in [6.07, 6.45) is 1.61. The molecule has 4 heteroatoms. The average molecular weight is 351 g/mol. The largest absolute Gasteiger partial charge is 0.466 e. The molecule has 4 nitrogen and oxygen atoms in total. The summed E-state index contributed by atoms with van der Waals surface area (Å²) in [5.41, 5.74) is 1.95. The van der Waals surface area contributed by atoms with E-state index in [2.05, 4.69) is 0 Å². The number of likely N-dealkylation sites (tertiary alicyclic amines) is 1. The molecule has 0 unspecified atom stereocenters. The molecule has 0 saturated carbocycles. The number of carbonyl (C=O) groups is 2. The van der Waals surface area contributed by atoms with E-state index >= 15 is 0 Å². The van der Waals surface area contributed by atoms with Crippen molar-refractivity contribution in [1.82, 2.24) is 4.90 Å². The van der Waals surface area contributed by atoms with Gasteiger partial charge in [0.25, 0.3) is 0 Å². The third-order valence-electron chi connectivity index (χ3n) is 4.87. The highest BCUT2D eigenvalue weighted by atomic mass is 16.5. The van der Waals surface area contributed by atoms with E-state index < -0.39 is 0 Å². The number of rotatable bonds is 5. The van der Waals surface area contributed by atoms with Gasteiger partial charge >= 0.3 is 5.97 Å². The lowest BCUT2D eigenvalue weighted by molar-refractivity contribution is -0.151. The van der Waals surface area contributed by atoms with Crippen molar-refractivity contribution >= 4 is 11.9 Å². The van der Waals surface area contributed by atoms with Gasteiger partial charge in [-0.2, -0.15) is 0 Å². The fraction of sp³-hybridized carbons (Fsp3) is 0.364. The normalized spacial score (nSPS) is 17.2. The van der Waals surface area contributed by atoms with Crippen LogP contribution in [0, 0.1) is 5.92 Å². The summed E-state index contributed by atoms with van der Waals surface area (Å²) in [6, 6.07) is 19.7. The molecule has 1 aliphatic heterocycles. The molecule has 1 saturated heterocycles. The van der Waals surface area contributed by atoms with Gasteiger partial charge in [-0.1, -0.05) is 60.7 Å². The number of benzene rings is 2. The predicted molar refractivity (Wildman–Crippen MR) is 101 cm³/mol. The number of amides is 1. The lowest BCUT2D eigenvalue weighted by atomic mass is 9.88. The Balaban J connectivity index is 1.85. The van der Waals surface area contributed by atoms with Crippen molar-refractivity contribution in [3.63, 3.8) is 0 Å². The molecule has 26 heavy (non-hydrogen) atoms. The Hall–Kier alpha value is -2.62. The zero-order valence-electron chi connectivity index (χ0n) is 15.1. The highest BCUT2D eigenvalue weighted by Crippen LogP contribution is 2.29.